The van der Waals surface area contributed by atoms with Crippen LogP contribution in [0.1, 0.15) is 85.0 Å². The SMILES string of the molecule is CCC(CC)(CC)NC(=O)CC1(CC(=O)O)CCCCC1. The van der Waals surface area contributed by atoms with E-state index in [2.05, 4.69) is 26.1 Å². The van der Waals surface area contributed by atoms with Crippen molar-refractivity contribution in [3.05, 3.63) is 0 Å². The van der Waals surface area contributed by atoms with Crippen LogP contribution in [0.4, 0.5) is 0 Å². The lowest BCUT2D eigenvalue weighted by Gasteiger charge is -2.38. The van der Waals surface area contributed by atoms with Gasteiger partial charge in [-0.2, -0.15) is 0 Å². The Bertz CT molecular complexity index is 347. The van der Waals surface area contributed by atoms with Crippen molar-refractivity contribution >= 4 is 11.9 Å². The monoisotopic (exact) mass is 297 g/mol. The average Bonchev–Trinajstić information content (AvgIpc) is 2.44. The summed E-state index contributed by atoms with van der Waals surface area (Å²) in [6.07, 6.45) is 8.20. The van der Waals surface area contributed by atoms with Crippen molar-refractivity contribution in [1.82, 2.24) is 5.32 Å². The van der Waals surface area contributed by atoms with Crippen molar-refractivity contribution in [3.8, 4) is 0 Å². The summed E-state index contributed by atoms with van der Waals surface area (Å²) in [5, 5.41) is 12.4. The number of amides is 1. The number of carboxylic acid groups (broad SMARTS) is 1. The van der Waals surface area contributed by atoms with Gasteiger partial charge in [0, 0.05) is 12.0 Å². The van der Waals surface area contributed by atoms with Gasteiger partial charge in [-0.1, -0.05) is 40.0 Å². The van der Waals surface area contributed by atoms with Crippen molar-refractivity contribution in [2.75, 3.05) is 0 Å². The van der Waals surface area contributed by atoms with E-state index in [-0.39, 0.29) is 23.3 Å². The van der Waals surface area contributed by atoms with Gasteiger partial charge in [0.15, 0.2) is 0 Å². The molecule has 0 aromatic rings. The molecule has 0 heterocycles. The summed E-state index contributed by atoms with van der Waals surface area (Å²) in [4.78, 5) is 23.7. The quantitative estimate of drug-likeness (QED) is 0.714. The van der Waals surface area contributed by atoms with Gasteiger partial charge in [0.05, 0.1) is 6.42 Å². The molecule has 21 heavy (non-hydrogen) atoms. The van der Waals surface area contributed by atoms with Crippen molar-refractivity contribution < 1.29 is 14.7 Å². The lowest BCUT2D eigenvalue weighted by Crippen LogP contribution is -2.48. The highest BCUT2D eigenvalue weighted by molar-refractivity contribution is 5.78. The van der Waals surface area contributed by atoms with Crippen LogP contribution in [-0.4, -0.2) is 22.5 Å². The molecule has 0 aliphatic heterocycles. The number of hydrogen-bond acceptors (Lipinski definition) is 2. The second-order valence-electron chi connectivity index (χ2n) is 6.70. The van der Waals surface area contributed by atoms with Gasteiger partial charge in [0.2, 0.25) is 5.91 Å². The average molecular weight is 297 g/mol. The molecule has 122 valence electrons. The molecule has 2 N–H and O–H groups in total. The predicted octanol–water partition coefficient (Wildman–Crippen LogP) is 3.89. The van der Waals surface area contributed by atoms with Gasteiger partial charge in [-0.05, 0) is 37.5 Å². The highest BCUT2D eigenvalue weighted by Gasteiger charge is 2.37. The highest BCUT2D eigenvalue weighted by Crippen LogP contribution is 2.42. The van der Waals surface area contributed by atoms with Gasteiger partial charge in [0.25, 0.3) is 0 Å². The topological polar surface area (TPSA) is 66.4 Å². The molecule has 1 aliphatic carbocycles. The van der Waals surface area contributed by atoms with Gasteiger partial charge < -0.3 is 10.4 Å². The van der Waals surface area contributed by atoms with Crippen LogP contribution in [0.2, 0.25) is 0 Å². The summed E-state index contributed by atoms with van der Waals surface area (Å²) in [5.41, 5.74) is -0.453. The maximum atomic E-state index is 12.5. The molecule has 1 amide bonds. The van der Waals surface area contributed by atoms with E-state index in [0.29, 0.717) is 6.42 Å². The van der Waals surface area contributed by atoms with Crippen molar-refractivity contribution in [2.24, 2.45) is 5.41 Å². The second kappa shape index (κ2) is 7.81. The predicted molar refractivity (Wildman–Crippen MR) is 84.1 cm³/mol. The minimum atomic E-state index is -0.780. The molecule has 1 fully saturated rings. The third-order valence-electron chi connectivity index (χ3n) is 5.41. The van der Waals surface area contributed by atoms with E-state index in [1.54, 1.807) is 0 Å². The van der Waals surface area contributed by atoms with Crippen molar-refractivity contribution in [1.29, 1.82) is 0 Å². The molecule has 0 bridgehead atoms. The zero-order valence-corrected chi connectivity index (χ0v) is 13.8. The van der Waals surface area contributed by atoms with E-state index < -0.39 is 5.97 Å². The summed E-state index contributed by atoms with van der Waals surface area (Å²) in [6, 6.07) is 0. The summed E-state index contributed by atoms with van der Waals surface area (Å²) in [5.74, 6) is -0.749. The van der Waals surface area contributed by atoms with Gasteiger partial charge in [-0.15, -0.1) is 0 Å². The van der Waals surface area contributed by atoms with E-state index in [0.717, 1.165) is 51.4 Å². The zero-order valence-electron chi connectivity index (χ0n) is 13.8. The van der Waals surface area contributed by atoms with Crippen LogP contribution in [0.3, 0.4) is 0 Å². The Kier molecular flexibility index (Phi) is 6.69. The van der Waals surface area contributed by atoms with Crippen LogP contribution in [-0.2, 0) is 9.59 Å². The molecule has 4 heteroatoms. The lowest BCUT2D eigenvalue weighted by atomic mass is 9.69. The maximum Gasteiger partial charge on any atom is 0.303 e. The first kappa shape index (κ1) is 18.0. The number of rotatable bonds is 8. The first-order chi connectivity index (χ1) is 9.91. The maximum absolute atomic E-state index is 12.5. The molecule has 1 aliphatic rings. The molecule has 0 radical (unpaired) electrons. The smallest absolute Gasteiger partial charge is 0.303 e. The summed E-state index contributed by atoms with van der Waals surface area (Å²) < 4.78 is 0. The summed E-state index contributed by atoms with van der Waals surface area (Å²) in [6.45, 7) is 6.29. The standard InChI is InChI=1S/C17H31NO3/c1-4-17(5-2,6-3)18-14(19)12-16(13-15(20)21)10-8-7-9-11-16/h4-13H2,1-3H3,(H,18,19)(H,20,21). The third kappa shape index (κ3) is 5.01. The zero-order chi connectivity index (χ0) is 15.9. The van der Waals surface area contributed by atoms with Gasteiger partial charge in [0.1, 0.15) is 0 Å². The minimum Gasteiger partial charge on any atom is -0.481 e. The Morgan fingerprint density at radius 1 is 1.00 bits per heavy atom. The number of carboxylic acids is 1. The molecule has 1 rings (SSSR count). The minimum absolute atomic E-state index is 0.0312. The molecule has 0 saturated heterocycles. The number of hydrogen-bond donors (Lipinski definition) is 2. The Morgan fingerprint density at radius 2 is 1.52 bits per heavy atom. The molecule has 1 saturated carbocycles. The van der Waals surface area contributed by atoms with E-state index in [1.807, 2.05) is 0 Å². The fourth-order valence-corrected chi connectivity index (χ4v) is 3.73. The first-order valence-electron chi connectivity index (χ1n) is 8.44. The van der Waals surface area contributed by atoms with Crippen LogP contribution in [0.25, 0.3) is 0 Å². The van der Waals surface area contributed by atoms with Crippen LogP contribution in [0.5, 0.6) is 0 Å². The molecule has 0 spiro atoms. The van der Waals surface area contributed by atoms with Gasteiger partial charge in [-0.25, -0.2) is 0 Å². The number of aliphatic carboxylic acids is 1. The number of nitrogens with one attached hydrogen (secondary N) is 1. The molecule has 0 atom stereocenters. The molecular weight excluding hydrogens is 266 g/mol. The van der Waals surface area contributed by atoms with E-state index in [9.17, 15) is 14.7 Å². The van der Waals surface area contributed by atoms with Crippen LogP contribution in [0.15, 0.2) is 0 Å². The molecule has 0 aromatic carbocycles. The highest BCUT2D eigenvalue weighted by atomic mass is 16.4. The van der Waals surface area contributed by atoms with Crippen LogP contribution < -0.4 is 5.32 Å². The van der Waals surface area contributed by atoms with Crippen molar-refractivity contribution in [2.45, 2.75) is 90.5 Å². The molecular formula is C17H31NO3. The normalized spacial score (nSPS) is 18.2. The molecule has 4 nitrogen and oxygen atoms in total. The summed E-state index contributed by atoms with van der Waals surface area (Å²) >= 11 is 0. The van der Waals surface area contributed by atoms with Crippen LogP contribution >= 0.6 is 0 Å². The Labute approximate surface area is 128 Å². The van der Waals surface area contributed by atoms with E-state index in [4.69, 9.17) is 0 Å². The number of carbonyl (C=O) groups excluding carboxylic acids is 1. The third-order valence-corrected chi connectivity index (χ3v) is 5.41. The Morgan fingerprint density at radius 3 is 1.95 bits per heavy atom. The first-order valence-corrected chi connectivity index (χ1v) is 8.44. The summed E-state index contributed by atoms with van der Waals surface area (Å²) in [7, 11) is 0. The largest absolute Gasteiger partial charge is 0.481 e. The molecule has 0 aromatic heterocycles. The number of carbonyl (C=O) groups is 2. The molecule has 0 unspecified atom stereocenters. The Hall–Kier alpha value is -1.06. The van der Waals surface area contributed by atoms with Gasteiger partial charge in [-0.3, -0.25) is 9.59 Å². The van der Waals surface area contributed by atoms with Crippen molar-refractivity contribution in [3.63, 3.8) is 0 Å². The van der Waals surface area contributed by atoms with Crippen LogP contribution in [0, 0.1) is 5.41 Å². The lowest BCUT2D eigenvalue weighted by molar-refractivity contribution is -0.141. The van der Waals surface area contributed by atoms with E-state index in [1.165, 1.54) is 0 Å². The fraction of sp³-hybridized carbons (Fsp3) is 0.882. The second-order valence-corrected chi connectivity index (χ2v) is 6.70. The van der Waals surface area contributed by atoms with E-state index >= 15 is 0 Å². The Balaban J connectivity index is 2.74. The fourth-order valence-electron chi connectivity index (χ4n) is 3.73. The van der Waals surface area contributed by atoms with Gasteiger partial charge >= 0.3 is 5.97 Å².